The molecule has 1 amide bonds. The van der Waals surface area contributed by atoms with Crippen LogP contribution in [0.5, 0.6) is 5.88 Å². The Morgan fingerprint density at radius 2 is 2.00 bits per heavy atom. The molecule has 1 fully saturated rings. The maximum absolute atomic E-state index is 12.9. The summed E-state index contributed by atoms with van der Waals surface area (Å²) in [4.78, 5) is 27.0. The Morgan fingerprint density at radius 1 is 1.23 bits per heavy atom. The summed E-state index contributed by atoms with van der Waals surface area (Å²) in [7, 11) is -1.44. The number of ether oxygens (including phenoxy) is 1. The van der Waals surface area contributed by atoms with Gasteiger partial charge in [0.2, 0.25) is 17.7 Å². The van der Waals surface area contributed by atoms with Crippen molar-refractivity contribution in [3.05, 3.63) is 47.7 Å². The van der Waals surface area contributed by atoms with Crippen LogP contribution in [0, 0.1) is 6.92 Å². The van der Waals surface area contributed by atoms with Gasteiger partial charge >= 0.3 is 0 Å². The number of carbonyl (C=O) groups excluding carboxylic acids is 1. The second-order valence-electron chi connectivity index (χ2n) is 7.25. The van der Waals surface area contributed by atoms with E-state index >= 15 is 0 Å². The van der Waals surface area contributed by atoms with Crippen molar-refractivity contribution >= 4 is 27.2 Å². The number of fused-ring (bicyclic) bond motifs is 1. The summed E-state index contributed by atoms with van der Waals surface area (Å²) in [5.74, 6) is 0.621. The number of hydrogen-bond acceptors (Lipinski definition) is 7. The predicted octanol–water partition coefficient (Wildman–Crippen LogP) is -0.493. The Kier molecular flexibility index (Phi) is 5.39. The van der Waals surface area contributed by atoms with Crippen molar-refractivity contribution in [3.63, 3.8) is 0 Å². The number of methoxy groups -OCH3 is 1. The third kappa shape index (κ3) is 4.26. The summed E-state index contributed by atoms with van der Waals surface area (Å²) < 4.78 is 30.2. The zero-order valence-corrected chi connectivity index (χ0v) is 17.6. The van der Waals surface area contributed by atoms with Crippen molar-refractivity contribution in [1.29, 1.82) is 0 Å². The van der Waals surface area contributed by atoms with Gasteiger partial charge in [0.25, 0.3) is 5.91 Å². The number of anilines is 1. The highest BCUT2D eigenvalue weighted by atomic mass is 32.2. The number of sulfone groups is 1. The van der Waals surface area contributed by atoms with Crippen molar-refractivity contribution in [2.75, 3.05) is 37.0 Å². The number of quaternary nitrogens is 1. The molecule has 158 valence electrons. The molecule has 11 heteroatoms. The predicted molar refractivity (Wildman–Crippen MR) is 110 cm³/mol. The summed E-state index contributed by atoms with van der Waals surface area (Å²) in [5, 5.41) is 2.68. The molecule has 2 N–H and O–H groups in total. The van der Waals surface area contributed by atoms with Crippen LogP contribution in [-0.2, 0) is 16.4 Å². The smallest absolute Gasteiger partial charge is 0.294 e. The summed E-state index contributed by atoms with van der Waals surface area (Å²) >= 11 is 0. The van der Waals surface area contributed by atoms with E-state index in [9.17, 15) is 13.2 Å². The highest BCUT2D eigenvalue weighted by Gasteiger charge is 2.27. The van der Waals surface area contributed by atoms with Gasteiger partial charge in [0.05, 0.1) is 37.2 Å². The third-order valence-corrected chi connectivity index (χ3v) is 6.70. The number of pyridine rings is 1. The van der Waals surface area contributed by atoms with Gasteiger partial charge in [-0.25, -0.2) is 18.4 Å². The molecule has 0 radical (unpaired) electrons. The molecule has 3 aromatic heterocycles. The number of hydrogen-bond donors (Lipinski definition) is 2. The number of rotatable bonds is 5. The number of carbonyl (C=O) groups is 1. The Labute approximate surface area is 173 Å². The fraction of sp³-hybridized carbons (Fsp3) is 0.368. The highest BCUT2D eigenvalue weighted by Crippen LogP contribution is 2.15. The van der Waals surface area contributed by atoms with Gasteiger partial charge in [-0.15, -0.1) is 0 Å². The van der Waals surface area contributed by atoms with Crippen LogP contribution in [0.3, 0.4) is 0 Å². The van der Waals surface area contributed by atoms with E-state index in [0.717, 1.165) is 16.1 Å². The summed E-state index contributed by atoms with van der Waals surface area (Å²) in [5.41, 5.74) is 2.22. The van der Waals surface area contributed by atoms with Crippen LogP contribution in [-0.4, -0.2) is 65.4 Å². The summed E-state index contributed by atoms with van der Waals surface area (Å²) in [6, 6.07) is 7.26. The molecule has 4 rings (SSSR count). The lowest BCUT2D eigenvalue weighted by molar-refractivity contribution is -0.910. The maximum Gasteiger partial charge on any atom is 0.294 e. The maximum atomic E-state index is 12.9. The Balaban J connectivity index is 1.60. The molecular formula is C19H23N6O4S+. The van der Waals surface area contributed by atoms with E-state index in [2.05, 4.69) is 20.3 Å². The normalized spacial score (nSPS) is 16.5. The van der Waals surface area contributed by atoms with E-state index in [0.29, 0.717) is 31.2 Å². The Hall–Kier alpha value is -3.05. The molecule has 0 spiro atoms. The Bertz CT molecular complexity index is 1190. The Morgan fingerprint density at radius 3 is 2.73 bits per heavy atom. The fourth-order valence-electron chi connectivity index (χ4n) is 3.49. The van der Waals surface area contributed by atoms with Gasteiger partial charge < -0.3 is 9.64 Å². The topological polar surface area (TPSA) is 120 Å². The monoisotopic (exact) mass is 431 g/mol. The van der Waals surface area contributed by atoms with Gasteiger partial charge in [0, 0.05) is 18.0 Å². The lowest BCUT2D eigenvalue weighted by Gasteiger charge is -2.22. The number of nitrogens with one attached hydrogen (secondary N) is 2. The van der Waals surface area contributed by atoms with Crippen LogP contribution in [0.25, 0.3) is 5.52 Å². The van der Waals surface area contributed by atoms with Gasteiger partial charge in [0.15, 0.2) is 9.84 Å². The van der Waals surface area contributed by atoms with E-state index in [1.165, 1.54) is 7.11 Å². The molecule has 0 saturated carbocycles. The lowest BCUT2D eigenvalue weighted by Crippen LogP contribution is -3.13. The molecule has 0 unspecified atom stereocenters. The molecule has 0 aromatic carbocycles. The molecule has 30 heavy (non-hydrogen) atoms. The van der Waals surface area contributed by atoms with Crippen LogP contribution >= 0.6 is 0 Å². The molecule has 0 atom stereocenters. The van der Waals surface area contributed by atoms with Crippen molar-refractivity contribution < 1.29 is 22.8 Å². The van der Waals surface area contributed by atoms with Crippen LogP contribution in [0.1, 0.15) is 22.0 Å². The number of nitrogens with zero attached hydrogens (tertiary/aromatic N) is 4. The van der Waals surface area contributed by atoms with E-state index in [4.69, 9.17) is 4.74 Å². The van der Waals surface area contributed by atoms with Crippen molar-refractivity contribution in [3.8, 4) is 5.88 Å². The first-order valence-electron chi connectivity index (χ1n) is 9.55. The van der Waals surface area contributed by atoms with Gasteiger partial charge in [-0.2, -0.15) is 4.98 Å². The number of aromatic nitrogens is 4. The number of aryl methyl sites for hydroxylation is 1. The molecule has 1 aliphatic rings. The second kappa shape index (κ2) is 8.00. The van der Waals surface area contributed by atoms with Crippen LogP contribution in [0.15, 0.2) is 30.5 Å². The quantitative estimate of drug-likeness (QED) is 0.559. The molecule has 0 aliphatic carbocycles. The number of amides is 1. The first kappa shape index (κ1) is 20.2. The van der Waals surface area contributed by atoms with E-state index in [1.54, 1.807) is 23.6 Å². The fourth-order valence-corrected chi connectivity index (χ4v) is 4.89. The molecule has 0 bridgehead atoms. The molecule has 3 aromatic rings. The lowest BCUT2D eigenvalue weighted by atomic mass is 10.3. The minimum absolute atomic E-state index is 0.137. The zero-order valence-electron chi connectivity index (χ0n) is 16.8. The van der Waals surface area contributed by atoms with Gasteiger partial charge in [-0.3, -0.25) is 14.5 Å². The minimum Gasteiger partial charge on any atom is -0.481 e. The van der Waals surface area contributed by atoms with Gasteiger partial charge in [0.1, 0.15) is 12.2 Å². The van der Waals surface area contributed by atoms with E-state index in [1.807, 2.05) is 18.2 Å². The molecule has 4 heterocycles. The SMILES string of the molecule is COc1cc(C)nc(NC(=O)c2nc(C[NH+]3CCS(=O)(=O)CC3)c3ccccn23)n1. The van der Waals surface area contributed by atoms with E-state index in [-0.39, 0.29) is 23.3 Å². The zero-order chi connectivity index (χ0) is 21.3. The summed E-state index contributed by atoms with van der Waals surface area (Å²) in [6.07, 6.45) is 1.77. The van der Waals surface area contributed by atoms with Crippen molar-refractivity contribution in [1.82, 2.24) is 19.4 Å². The summed E-state index contributed by atoms with van der Waals surface area (Å²) in [6.45, 7) is 3.40. The second-order valence-corrected chi connectivity index (χ2v) is 9.55. The van der Waals surface area contributed by atoms with E-state index < -0.39 is 15.7 Å². The van der Waals surface area contributed by atoms with Crippen LogP contribution in [0.4, 0.5) is 5.95 Å². The third-order valence-electron chi connectivity index (χ3n) is 5.04. The minimum atomic E-state index is -2.94. The van der Waals surface area contributed by atoms with Gasteiger partial charge in [-0.05, 0) is 19.1 Å². The molecule has 10 nitrogen and oxygen atoms in total. The van der Waals surface area contributed by atoms with Gasteiger partial charge in [-0.1, -0.05) is 6.07 Å². The standard InChI is InChI=1S/C19H22N6O4S/c1-13-11-16(29-2)22-19(20-13)23-18(26)17-21-14(15-5-3-4-6-25(15)17)12-24-7-9-30(27,28)10-8-24/h3-6,11H,7-10,12H2,1-2H3,(H,20,22,23,26)/p+1. The average Bonchev–Trinajstić information content (AvgIpc) is 3.08. The largest absolute Gasteiger partial charge is 0.481 e. The van der Waals surface area contributed by atoms with Crippen LogP contribution < -0.4 is 15.0 Å². The first-order valence-corrected chi connectivity index (χ1v) is 11.4. The van der Waals surface area contributed by atoms with Crippen molar-refractivity contribution in [2.24, 2.45) is 0 Å². The molecule has 1 saturated heterocycles. The highest BCUT2D eigenvalue weighted by molar-refractivity contribution is 7.91. The average molecular weight is 431 g/mol. The van der Waals surface area contributed by atoms with Crippen molar-refractivity contribution in [2.45, 2.75) is 13.5 Å². The first-order chi connectivity index (χ1) is 14.3. The number of imidazole rings is 1. The molecule has 1 aliphatic heterocycles. The van der Waals surface area contributed by atoms with Crippen LogP contribution in [0.2, 0.25) is 0 Å². The molecular weight excluding hydrogens is 408 g/mol.